The maximum atomic E-state index is 13.5. The van der Waals surface area contributed by atoms with E-state index in [0.717, 1.165) is 12.0 Å². The number of halogens is 1. The molecule has 2 aromatic carbocycles. The van der Waals surface area contributed by atoms with Crippen LogP contribution in [0.2, 0.25) is 0 Å². The molecule has 0 unspecified atom stereocenters. The van der Waals surface area contributed by atoms with Gasteiger partial charge in [0.05, 0.1) is 25.1 Å². The van der Waals surface area contributed by atoms with E-state index >= 15 is 0 Å². The molecule has 0 aromatic heterocycles. The molecule has 0 atom stereocenters. The minimum atomic E-state index is -0.530. The van der Waals surface area contributed by atoms with Gasteiger partial charge >= 0.3 is 0 Å². The van der Waals surface area contributed by atoms with Crippen molar-refractivity contribution in [2.75, 3.05) is 18.5 Å². The summed E-state index contributed by atoms with van der Waals surface area (Å²) in [6.07, 6.45) is 2.20. The highest BCUT2D eigenvalue weighted by Crippen LogP contribution is 2.28. The Morgan fingerprint density at radius 2 is 1.80 bits per heavy atom. The number of para-hydroxylation sites is 1. The number of hydrogen-bond acceptors (Lipinski definition) is 5. The van der Waals surface area contributed by atoms with E-state index in [-0.39, 0.29) is 18.5 Å². The average Bonchev–Trinajstić information content (AvgIpc) is 2.73. The quantitative estimate of drug-likeness (QED) is 0.431. The highest BCUT2D eigenvalue weighted by Gasteiger charge is 2.09. The van der Waals surface area contributed by atoms with E-state index in [0.29, 0.717) is 24.7 Å². The van der Waals surface area contributed by atoms with Gasteiger partial charge < -0.3 is 14.8 Å². The van der Waals surface area contributed by atoms with Gasteiger partial charge in [-0.1, -0.05) is 19.1 Å². The van der Waals surface area contributed by atoms with Crippen molar-refractivity contribution >= 4 is 23.7 Å². The molecule has 8 heteroatoms. The van der Waals surface area contributed by atoms with Crippen LogP contribution in [0.3, 0.4) is 0 Å². The molecule has 0 spiro atoms. The van der Waals surface area contributed by atoms with Crippen LogP contribution in [-0.2, 0) is 9.59 Å². The molecule has 0 fully saturated rings. The summed E-state index contributed by atoms with van der Waals surface area (Å²) in [7, 11) is 0. The molecular formula is C22H26FN3O4. The number of carbonyl (C=O) groups excluding carboxylic acids is 2. The highest BCUT2D eigenvalue weighted by molar-refractivity contribution is 5.93. The number of benzene rings is 2. The van der Waals surface area contributed by atoms with Crippen LogP contribution in [0.15, 0.2) is 47.6 Å². The Balaban J connectivity index is 1.82. The number of hydrazone groups is 1. The number of amides is 2. The molecule has 30 heavy (non-hydrogen) atoms. The molecule has 7 nitrogen and oxygen atoms in total. The second-order valence-electron chi connectivity index (χ2n) is 6.31. The van der Waals surface area contributed by atoms with Crippen molar-refractivity contribution in [2.24, 2.45) is 5.10 Å². The molecular weight excluding hydrogens is 389 g/mol. The molecule has 0 bridgehead atoms. The summed E-state index contributed by atoms with van der Waals surface area (Å²) in [4.78, 5) is 23.7. The molecule has 0 radical (unpaired) electrons. The molecule has 0 heterocycles. The summed E-state index contributed by atoms with van der Waals surface area (Å²) in [5.41, 5.74) is 3.17. The summed E-state index contributed by atoms with van der Waals surface area (Å²) in [5.74, 6) is -0.157. The molecule has 0 aliphatic heterocycles. The van der Waals surface area contributed by atoms with Crippen molar-refractivity contribution in [1.29, 1.82) is 0 Å². The second kappa shape index (κ2) is 12.2. The average molecular weight is 415 g/mol. The van der Waals surface area contributed by atoms with Crippen molar-refractivity contribution in [1.82, 2.24) is 5.43 Å². The normalized spacial score (nSPS) is 10.6. The van der Waals surface area contributed by atoms with E-state index in [2.05, 4.69) is 15.8 Å². The Morgan fingerprint density at radius 3 is 2.53 bits per heavy atom. The first-order valence-electron chi connectivity index (χ1n) is 9.79. The third-order valence-corrected chi connectivity index (χ3v) is 3.86. The third kappa shape index (κ3) is 7.54. The maximum absolute atomic E-state index is 13.5. The first-order chi connectivity index (χ1) is 14.5. The number of rotatable bonds is 11. The van der Waals surface area contributed by atoms with Crippen LogP contribution in [-0.4, -0.2) is 31.2 Å². The zero-order chi connectivity index (χ0) is 21.8. The van der Waals surface area contributed by atoms with Crippen LogP contribution < -0.4 is 20.2 Å². The van der Waals surface area contributed by atoms with Crippen molar-refractivity contribution in [3.05, 3.63) is 53.8 Å². The minimum Gasteiger partial charge on any atom is -0.490 e. The van der Waals surface area contributed by atoms with E-state index in [9.17, 15) is 14.0 Å². The Kier molecular flexibility index (Phi) is 9.30. The number of anilines is 1. The molecule has 0 saturated carbocycles. The van der Waals surface area contributed by atoms with Gasteiger partial charge in [0.25, 0.3) is 0 Å². The fourth-order valence-corrected chi connectivity index (χ4v) is 2.44. The van der Waals surface area contributed by atoms with Gasteiger partial charge in [-0.3, -0.25) is 9.59 Å². The lowest BCUT2D eigenvalue weighted by Gasteiger charge is -2.11. The lowest BCUT2D eigenvalue weighted by molar-refractivity contribution is -0.124. The second-order valence-corrected chi connectivity index (χ2v) is 6.31. The highest BCUT2D eigenvalue weighted by atomic mass is 19.1. The fourth-order valence-electron chi connectivity index (χ4n) is 2.44. The minimum absolute atomic E-state index is 0.0778. The SMILES string of the molecule is CCCOc1ccc(C=NNC(=O)CCC(=O)Nc2ccccc2F)cc1OCC. The lowest BCUT2D eigenvalue weighted by Crippen LogP contribution is -2.21. The first-order valence-corrected chi connectivity index (χ1v) is 9.79. The fraction of sp³-hybridized carbons (Fsp3) is 0.318. The van der Waals surface area contributed by atoms with Crippen LogP contribution in [0.5, 0.6) is 11.5 Å². The summed E-state index contributed by atoms with van der Waals surface area (Å²) >= 11 is 0. The van der Waals surface area contributed by atoms with Gasteiger partial charge in [-0.25, -0.2) is 9.82 Å². The molecule has 0 aliphatic carbocycles. The zero-order valence-corrected chi connectivity index (χ0v) is 17.1. The smallest absolute Gasteiger partial charge is 0.240 e. The lowest BCUT2D eigenvalue weighted by atomic mass is 10.2. The predicted octanol–water partition coefficient (Wildman–Crippen LogP) is 3.88. The van der Waals surface area contributed by atoms with E-state index < -0.39 is 17.6 Å². The molecule has 2 N–H and O–H groups in total. The molecule has 160 valence electrons. The predicted molar refractivity (Wildman–Crippen MR) is 113 cm³/mol. The van der Waals surface area contributed by atoms with Gasteiger partial charge in [-0.15, -0.1) is 0 Å². The zero-order valence-electron chi connectivity index (χ0n) is 17.1. The summed E-state index contributed by atoms with van der Waals surface area (Å²) in [6, 6.07) is 11.2. The van der Waals surface area contributed by atoms with Crippen LogP contribution in [0.4, 0.5) is 10.1 Å². The Labute approximate surface area is 175 Å². The molecule has 2 rings (SSSR count). The van der Waals surface area contributed by atoms with Gasteiger partial charge in [0.1, 0.15) is 5.82 Å². The third-order valence-electron chi connectivity index (χ3n) is 3.86. The summed E-state index contributed by atoms with van der Waals surface area (Å²) in [5, 5.41) is 6.33. The standard InChI is InChI=1S/C22H26FN3O4/c1-3-13-30-19-10-9-16(14-20(19)29-4-2)15-24-26-22(28)12-11-21(27)25-18-8-6-5-7-17(18)23/h5-10,14-15H,3-4,11-13H2,1-2H3,(H,25,27)(H,26,28). The van der Waals surface area contributed by atoms with E-state index in [4.69, 9.17) is 9.47 Å². The van der Waals surface area contributed by atoms with Gasteiger partial charge in [0.15, 0.2) is 11.5 Å². The molecule has 2 amide bonds. The number of hydrogen-bond donors (Lipinski definition) is 2. The Morgan fingerprint density at radius 1 is 1.03 bits per heavy atom. The van der Waals surface area contributed by atoms with E-state index in [1.165, 1.54) is 24.4 Å². The topological polar surface area (TPSA) is 89.0 Å². The number of nitrogens with one attached hydrogen (secondary N) is 2. The Hall–Kier alpha value is -3.42. The van der Waals surface area contributed by atoms with Crippen LogP contribution >= 0.6 is 0 Å². The van der Waals surface area contributed by atoms with E-state index in [1.807, 2.05) is 13.8 Å². The van der Waals surface area contributed by atoms with E-state index in [1.54, 1.807) is 24.3 Å². The number of nitrogens with zero attached hydrogens (tertiary/aromatic N) is 1. The van der Waals surface area contributed by atoms with Crippen LogP contribution in [0.1, 0.15) is 38.7 Å². The largest absolute Gasteiger partial charge is 0.490 e. The summed E-state index contributed by atoms with van der Waals surface area (Å²) in [6.45, 7) is 4.99. The van der Waals surface area contributed by atoms with Gasteiger partial charge in [0, 0.05) is 12.8 Å². The molecule has 0 aliphatic rings. The van der Waals surface area contributed by atoms with Crippen molar-refractivity contribution in [3.8, 4) is 11.5 Å². The summed E-state index contributed by atoms with van der Waals surface area (Å²) < 4.78 is 24.7. The first kappa shape index (κ1) is 22.9. The van der Waals surface area contributed by atoms with Crippen LogP contribution in [0, 0.1) is 5.82 Å². The van der Waals surface area contributed by atoms with Crippen molar-refractivity contribution in [3.63, 3.8) is 0 Å². The van der Waals surface area contributed by atoms with Gasteiger partial charge in [0.2, 0.25) is 11.8 Å². The monoisotopic (exact) mass is 415 g/mol. The van der Waals surface area contributed by atoms with Crippen molar-refractivity contribution < 1.29 is 23.5 Å². The maximum Gasteiger partial charge on any atom is 0.240 e. The molecule has 0 saturated heterocycles. The van der Waals surface area contributed by atoms with Crippen molar-refractivity contribution in [2.45, 2.75) is 33.1 Å². The number of carbonyl (C=O) groups is 2. The Bertz CT molecular complexity index is 886. The molecule has 2 aromatic rings. The van der Waals surface area contributed by atoms with Gasteiger partial charge in [-0.2, -0.15) is 5.10 Å². The van der Waals surface area contributed by atoms with Crippen LogP contribution in [0.25, 0.3) is 0 Å². The number of ether oxygens (including phenoxy) is 2. The van der Waals surface area contributed by atoms with Gasteiger partial charge in [-0.05, 0) is 49.2 Å².